The summed E-state index contributed by atoms with van der Waals surface area (Å²) in [6.45, 7) is 0. The van der Waals surface area contributed by atoms with Crippen molar-refractivity contribution in [3.63, 3.8) is 0 Å². The van der Waals surface area contributed by atoms with E-state index in [1.54, 1.807) is 0 Å². The Labute approximate surface area is 263 Å². The molecule has 0 atom stereocenters. The van der Waals surface area contributed by atoms with Crippen LogP contribution in [0.4, 0.5) is 0 Å². The van der Waals surface area contributed by atoms with Gasteiger partial charge in [-0.15, -0.1) is 12.4 Å². The Kier molecular flexibility index (Phi) is 10.1. The van der Waals surface area contributed by atoms with Gasteiger partial charge in [-0.2, -0.15) is 0 Å². The van der Waals surface area contributed by atoms with E-state index in [0.717, 1.165) is 0 Å². The first-order valence-electron chi connectivity index (χ1n) is 13.8. The van der Waals surface area contributed by atoms with E-state index in [-0.39, 0.29) is 12.4 Å². The highest BCUT2D eigenvalue weighted by Gasteiger charge is 2.45. The molecule has 6 heteroatoms. The third-order valence-corrected chi connectivity index (χ3v) is 18.0. The first kappa shape index (κ1) is 30.0. The van der Waals surface area contributed by atoms with Crippen LogP contribution in [0.25, 0.3) is 0 Å². The molecule has 0 heterocycles. The van der Waals surface area contributed by atoms with Crippen LogP contribution in [0.1, 0.15) is 0 Å². The lowest BCUT2D eigenvalue weighted by atomic mass is 10.3. The molecule has 205 valence electrons. The molecule has 0 amide bonds. The molecule has 0 fully saturated rings. The summed E-state index contributed by atoms with van der Waals surface area (Å²) < 4.78 is 14.7. The average molecular weight is 614 g/mol. The van der Waals surface area contributed by atoms with E-state index in [0.29, 0.717) is 0 Å². The van der Waals surface area contributed by atoms with Gasteiger partial charge >= 0.3 is 15.9 Å². The molecule has 0 saturated carbocycles. The number of benzene rings is 6. The summed E-state index contributed by atoms with van der Waals surface area (Å²) in [5, 5.41) is 7.25. The SMILES string of the molecule is Cl.c1ccc([Si]([O][Al][O][Si](c2ccccc2)(c2ccccc2)c2ccccc2)(c2ccccc2)c2ccccc2)cc1. The van der Waals surface area contributed by atoms with E-state index < -0.39 is 32.5 Å². The maximum atomic E-state index is 7.34. The van der Waals surface area contributed by atoms with Crippen LogP contribution < -0.4 is 31.1 Å². The van der Waals surface area contributed by atoms with Crippen LogP contribution in [0.3, 0.4) is 0 Å². The van der Waals surface area contributed by atoms with E-state index in [4.69, 9.17) is 6.96 Å². The summed E-state index contributed by atoms with van der Waals surface area (Å²) in [6.07, 6.45) is 0. The maximum Gasteiger partial charge on any atom is 0.646 e. The van der Waals surface area contributed by atoms with Crippen LogP contribution in [0, 0.1) is 0 Å². The highest BCUT2D eigenvalue weighted by Crippen LogP contribution is 2.13. The van der Waals surface area contributed by atoms with Crippen molar-refractivity contribution >= 4 is 76.0 Å². The zero-order valence-electron chi connectivity index (χ0n) is 23.1. The summed E-state index contributed by atoms with van der Waals surface area (Å²) >= 11 is -0.862. The first-order chi connectivity index (χ1) is 20.3. The predicted molar refractivity (Wildman–Crippen MR) is 183 cm³/mol. The molecule has 6 aromatic rings. The van der Waals surface area contributed by atoms with Gasteiger partial charge in [-0.1, -0.05) is 182 Å². The minimum atomic E-state index is -2.89. The largest absolute Gasteiger partial charge is 0.646 e. The molecule has 0 aliphatic heterocycles. The van der Waals surface area contributed by atoms with Gasteiger partial charge in [0.25, 0.3) is 16.6 Å². The smallest absolute Gasteiger partial charge is 0.519 e. The second-order valence-electron chi connectivity index (χ2n) is 9.89. The molecule has 0 spiro atoms. The fraction of sp³-hybridized carbons (Fsp3) is 0. The van der Waals surface area contributed by atoms with Crippen molar-refractivity contribution in [2.24, 2.45) is 0 Å². The normalized spacial score (nSPS) is 11.3. The standard InChI is InChI=1S/2C18H15OSi.Al.ClH/c2*19-20(16-10-4-1-5-11-16,17-12-6-2-7-13-17)18-14-8-3-9-15-18;;/h2*1-15H;;1H/q2*-1;+2;. The molecule has 1 radical (unpaired) electrons. The van der Waals surface area contributed by atoms with Gasteiger partial charge in [0.05, 0.1) is 0 Å². The molecule has 0 aliphatic carbocycles. The molecular formula is C36H31AlClO2Si2. The molecule has 0 bridgehead atoms. The zero-order valence-corrected chi connectivity index (χ0v) is 27.1. The van der Waals surface area contributed by atoms with Crippen LogP contribution in [-0.2, 0) is 6.96 Å². The van der Waals surface area contributed by atoms with Crippen LogP contribution >= 0.6 is 12.4 Å². The Bertz CT molecular complexity index is 1320. The minimum absolute atomic E-state index is 0. The number of hydrogen-bond acceptors (Lipinski definition) is 2. The van der Waals surface area contributed by atoms with Crippen LogP contribution in [-0.4, -0.2) is 32.5 Å². The lowest BCUT2D eigenvalue weighted by molar-refractivity contribution is 0.475. The summed E-state index contributed by atoms with van der Waals surface area (Å²) in [4.78, 5) is 0. The molecule has 42 heavy (non-hydrogen) atoms. The Morgan fingerprint density at radius 3 is 0.619 bits per heavy atom. The van der Waals surface area contributed by atoms with Gasteiger partial charge in [-0.25, -0.2) is 0 Å². The molecule has 2 nitrogen and oxygen atoms in total. The molecular weight excluding hydrogens is 583 g/mol. The Morgan fingerprint density at radius 1 is 0.286 bits per heavy atom. The molecule has 6 aromatic carbocycles. The molecule has 0 N–H and O–H groups in total. The van der Waals surface area contributed by atoms with E-state index in [1.165, 1.54) is 31.1 Å². The van der Waals surface area contributed by atoms with E-state index >= 15 is 0 Å². The highest BCUT2D eigenvalue weighted by atomic mass is 35.5. The third-order valence-electron chi connectivity index (χ3n) is 7.53. The highest BCUT2D eigenvalue weighted by molar-refractivity contribution is 7.11. The van der Waals surface area contributed by atoms with Gasteiger partial charge in [-0.3, -0.25) is 0 Å². The van der Waals surface area contributed by atoms with E-state index in [2.05, 4.69) is 182 Å². The molecule has 0 unspecified atom stereocenters. The molecule has 0 aromatic heterocycles. The van der Waals surface area contributed by atoms with Crippen molar-refractivity contribution in [1.29, 1.82) is 0 Å². The Balaban J connectivity index is 0.00000353. The zero-order chi connectivity index (χ0) is 27.8. The third kappa shape index (κ3) is 5.87. The molecule has 0 saturated heterocycles. The molecule has 0 aliphatic rings. The van der Waals surface area contributed by atoms with Crippen molar-refractivity contribution in [1.82, 2.24) is 0 Å². The second-order valence-corrected chi connectivity index (χ2v) is 18.2. The maximum absolute atomic E-state index is 7.34. The van der Waals surface area contributed by atoms with E-state index in [9.17, 15) is 0 Å². The summed E-state index contributed by atoms with van der Waals surface area (Å²) in [7, 11) is -5.78. The van der Waals surface area contributed by atoms with Crippen LogP contribution in [0.2, 0.25) is 0 Å². The van der Waals surface area contributed by atoms with Crippen LogP contribution in [0.5, 0.6) is 0 Å². The van der Waals surface area contributed by atoms with Gasteiger partial charge in [0.1, 0.15) is 0 Å². The van der Waals surface area contributed by atoms with Crippen LogP contribution in [0.15, 0.2) is 182 Å². The lowest BCUT2D eigenvalue weighted by Crippen LogP contribution is -2.73. The minimum Gasteiger partial charge on any atom is -0.519 e. The topological polar surface area (TPSA) is 18.5 Å². The van der Waals surface area contributed by atoms with Crippen molar-refractivity contribution in [2.75, 3.05) is 0 Å². The lowest BCUT2D eigenvalue weighted by Gasteiger charge is -2.38. The Hall–Kier alpha value is -3.50. The summed E-state index contributed by atoms with van der Waals surface area (Å²) in [5.41, 5.74) is 0. The van der Waals surface area contributed by atoms with Crippen molar-refractivity contribution in [2.45, 2.75) is 0 Å². The van der Waals surface area contributed by atoms with Gasteiger partial charge in [0.15, 0.2) is 0 Å². The van der Waals surface area contributed by atoms with Gasteiger partial charge in [0.2, 0.25) is 0 Å². The van der Waals surface area contributed by atoms with Crippen molar-refractivity contribution < 1.29 is 6.96 Å². The van der Waals surface area contributed by atoms with E-state index in [1.807, 2.05) is 0 Å². The number of rotatable bonds is 10. The van der Waals surface area contributed by atoms with Gasteiger partial charge in [0, 0.05) is 0 Å². The fourth-order valence-corrected chi connectivity index (χ4v) is 16.6. The quantitative estimate of drug-likeness (QED) is 0.169. The summed E-state index contributed by atoms with van der Waals surface area (Å²) in [6, 6.07) is 64.3. The monoisotopic (exact) mass is 613 g/mol. The predicted octanol–water partition coefficient (Wildman–Crippen LogP) is 4.31. The van der Waals surface area contributed by atoms with Crippen molar-refractivity contribution in [3.8, 4) is 0 Å². The summed E-state index contributed by atoms with van der Waals surface area (Å²) in [5.74, 6) is 0. The number of hydrogen-bond donors (Lipinski definition) is 0. The fourth-order valence-electron chi connectivity index (χ4n) is 5.61. The van der Waals surface area contributed by atoms with Gasteiger partial charge < -0.3 is 6.96 Å². The second kappa shape index (κ2) is 14.1. The number of halogens is 1. The van der Waals surface area contributed by atoms with Crippen molar-refractivity contribution in [3.05, 3.63) is 182 Å². The average Bonchev–Trinajstić information content (AvgIpc) is 3.08. The van der Waals surface area contributed by atoms with Gasteiger partial charge in [-0.05, 0) is 31.1 Å². The first-order valence-corrected chi connectivity index (χ1v) is 18.6. The Morgan fingerprint density at radius 2 is 0.452 bits per heavy atom. The molecule has 6 rings (SSSR count).